The first-order valence-electron chi connectivity index (χ1n) is 9.36. The number of benzene rings is 1. The Labute approximate surface area is 176 Å². The van der Waals surface area contributed by atoms with Gasteiger partial charge in [-0.1, -0.05) is 18.2 Å². The molecule has 0 fully saturated rings. The van der Waals surface area contributed by atoms with Crippen molar-refractivity contribution in [2.75, 3.05) is 5.32 Å². The number of alkyl halides is 4. The summed E-state index contributed by atoms with van der Waals surface area (Å²) in [5.74, 6) is -0.467. The molecule has 0 aliphatic rings. The fourth-order valence-electron chi connectivity index (χ4n) is 3.31. The first-order chi connectivity index (χ1) is 14.7. The topological polar surface area (TPSA) is 68.9 Å². The Balaban J connectivity index is 2.04. The van der Waals surface area contributed by atoms with Gasteiger partial charge in [-0.05, 0) is 35.2 Å². The lowest BCUT2D eigenvalue weighted by atomic mass is 9.85. The first kappa shape index (κ1) is 22.2. The number of nitrogens with zero attached hydrogens (tertiary/aromatic N) is 2. The molecular formula is C22H19F4N3O2. The molecule has 0 spiro atoms. The summed E-state index contributed by atoms with van der Waals surface area (Å²) in [6.07, 6.45) is -1.63. The Kier molecular flexibility index (Phi) is 6.84. The lowest BCUT2D eigenvalue weighted by molar-refractivity contribution is -0.605. The maximum Gasteiger partial charge on any atom is 0.264 e. The molecule has 1 N–H and O–H groups in total. The van der Waals surface area contributed by atoms with Crippen LogP contribution in [-0.2, 0) is 11.2 Å². The van der Waals surface area contributed by atoms with Gasteiger partial charge in [0.25, 0.3) is 12.9 Å². The predicted molar refractivity (Wildman–Crippen MR) is 106 cm³/mol. The van der Waals surface area contributed by atoms with Crippen LogP contribution in [0.15, 0.2) is 61.1 Å². The third-order valence-electron chi connectivity index (χ3n) is 4.79. The molecule has 1 unspecified atom stereocenters. The van der Waals surface area contributed by atoms with E-state index >= 15 is 0 Å². The summed E-state index contributed by atoms with van der Waals surface area (Å²) >= 11 is 0. The molecule has 0 bridgehead atoms. The number of carbonyl (C=O) groups is 1. The van der Waals surface area contributed by atoms with Crippen molar-refractivity contribution in [3.63, 3.8) is 0 Å². The second-order valence-corrected chi connectivity index (χ2v) is 6.97. The molecule has 162 valence electrons. The van der Waals surface area contributed by atoms with Crippen molar-refractivity contribution >= 4 is 11.7 Å². The van der Waals surface area contributed by atoms with Crippen LogP contribution < -0.4 is 10.0 Å². The van der Waals surface area contributed by atoms with Crippen molar-refractivity contribution in [3.05, 3.63) is 94.1 Å². The maximum absolute atomic E-state index is 13.5. The molecule has 9 heteroatoms. The zero-order valence-corrected chi connectivity index (χ0v) is 16.4. The summed E-state index contributed by atoms with van der Waals surface area (Å²) < 4.78 is 53.9. The minimum atomic E-state index is -3.05. The molecule has 3 rings (SSSR count). The highest BCUT2D eigenvalue weighted by molar-refractivity contribution is 5.87. The van der Waals surface area contributed by atoms with E-state index < -0.39 is 29.9 Å². The van der Waals surface area contributed by atoms with Gasteiger partial charge in [-0.2, -0.15) is 4.73 Å². The van der Waals surface area contributed by atoms with Gasteiger partial charge < -0.3 is 10.5 Å². The molecule has 31 heavy (non-hydrogen) atoms. The number of amides is 1. The van der Waals surface area contributed by atoms with E-state index in [0.717, 1.165) is 17.7 Å². The van der Waals surface area contributed by atoms with Crippen molar-refractivity contribution in [3.8, 4) is 0 Å². The monoisotopic (exact) mass is 433 g/mol. The number of pyridine rings is 2. The van der Waals surface area contributed by atoms with Crippen LogP contribution in [0.25, 0.3) is 0 Å². The number of carbonyl (C=O) groups excluding carboxylic acids is 1. The number of hydrogen-bond acceptors (Lipinski definition) is 3. The fraction of sp³-hybridized carbons (Fsp3) is 0.227. The van der Waals surface area contributed by atoms with Gasteiger partial charge >= 0.3 is 0 Å². The molecule has 2 heterocycles. The summed E-state index contributed by atoms with van der Waals surface area (Å²) in [6.45, 7) is 1.34. The zero-order valence-electron chi connectivity index (χ0n) is 16.4. The molecule has 1 amide bonds. The maximum atomic E-state index is 13.5. The van der Waals surface area contributed by atoms with Crippen LogP contribution in [0.4, 0.5) is 23.4 Å². The van der Waals surface area contributed by atoms with Gasteiger partial charge in [0.2, 0.25) is 5.91 Å². The van der Waals surface area contributed by atoms with E-state index in [2.05, 4.69) is 10.3 Å². The van der Waals surface area contributed by atoms with E-state index in [1.165, 1.54) is 31.6 Å². The summed E-state index contributed by atoms with van der Waals surface area (Å²) in [5, 5.41) is 13.9. The van der Waals surface area contributed by atoms with E-state index in [0.29, 0.717) is 28.1 Å². The molecule has 0 saturated heterocycles. The Morgan fingerprint density at radius 2 is 1.65 bits per heavy atom. The van der Waals surface area contributed by atoms with Crippen LogP contribution in [0.2, 0.25) is 0 Å². The van der Waals surface area contributed by atoms with Crippen molar-refractivity contribution < 1.29 is 27.1 Å². The normalized spacial score (nSPS) is 12.2. The molecule has 1 atom stereocenters. The number of aromatic nitrogens is 2. The van der Waals surface area contributed by atoms with E-state index in [4.69, 9.17) is 0 Å². The lowest BCUT2D eigenvalue weighted by Crippen LogP contribution is -2.24. The lowest BCUT2D eigenvalue weighted by Gasteiger charge is -2.20. The Morgan fingerprint density at radius 1 is 1.00 bits per heavy atom. The van der Waals surface area contributed by atoms with Crippen molar-refractivity contribution in [1.29, 1.82) is 0 Å². The highest BCUT2D eigenvalue weighted by Crippen LogP contribution is 2.36. The summed E-state index contributed by atoms with van der Waals surface area (Å²) in [5.41, 5.74) is 0.375. The van der Waals surface area contributed by atoms with Gasteiger partial charge in [-0.25, -0.2) is 22.5 Å². The summed E-state index contributed by atoms with van der Waals surface area (Å²) in [4.78, 5) is 15.4. The van der Waals surface area contributed by atoms with Crippen molar-refractivity contribution in [2.24, 2.45) is 0 Å². The third-order valence-corrected chi connectivity index (χ3v) is 4.79. The number of rotatable bonds is 7. The van der Waals surface area contributed by atoms with Crippen molar-refractivity contribution in [1.82, 2.24) is 4.98 Å². The number of anilines is 1. The zero-order chi connectivity index (χ0) is 22.5. The SMILES string of the molecule is CC(=O)Nc1ccc(C(Cc2cc[n+]([O-])cc2)c2ccc(C(F)F)c(C(F)F)c2)cn1. The van der Waals surface area contributed by atoms with E-state index in [1.54, 1.807) is 24.3 Å². The number of nitrogens with one attached hydrogen (secondary N) is 1. The highest BCUT2D eigenvalue weighted by Gasteiger charge is 2.23. The predicted octanol–water partition coefficient (Wildman–Crippen LogP) is 4.92. The second-order valence-electron chi connectivity index (χ2n) is 6.97. The third kappa shape index (κ3) is 5.56. The van der Waals surface area contributed by atoms with Gasteiger partial charge in [0.15, 0.2) is 12.4 Å². The van der Waals surface area contributed by atoms with E-state index in [-0.39, 0.29) is 5.91 Å². The number of hydrogen-bond donors (Lipinski definition) is 1. The molecule has 0 aliphatic carbocycles. The van der Waals surface area contributed by atoms with Gasteiger partial charge in [-0.15, -0.1) is 0 Å². The summed E-state index contributed by atoms with van der Waals surface area (Å²) in [7, 11) is 0. The van der Waals surface area contributed by atoms with Crippen molar-refractivity contribution in [2.45, 2.75) is 32.1 Å². The molecule has 0 saturated carbocycles. The Bertz CT molecular complexity index is 1040. The fourth-order valence-corrected chi connectivity index (χ4v) is 3.31. The highest BCUT2D eigenvalue weighted by atomic mass is 19.3. The minimum Gasteiger partial charge on any atom is -0.619 e. The first-order valence-corrected chi connectivity index (χ1v) is 9.36. The minimum absolute atomic E-state index is 0.295. The smallest absolute Gasteiger partial charge is 0.264 e. The largest absolute Gasteiger partial charge is 0.619 e. The molecule has 1 aromatic carbocycles. The standard InChI is InChI=1S/C22H19F4N3O2/c1-13(30)28-20-5-3-16(12-27-20)18(10-14-6-8-29(31)9-7-14)15-2-4-17(21(23)24)19(11-15)22(25)26/h2-9,11-12,18,21-22H,10H2,1H3,(H,27,28,30). The molecule has 2 aromatic heterocycles. The quantitative estimate of drug-likeness (QED) is 0.327. The van der Waals surface area contributed by atoms with Gasteiger partial charge in [-0.3, -0.25) is 4.79 Å². The second kappa shape index (κ2) is 9.55. The molecule has 0 radical (unpaired) electrons. The molecular weight excluding hydrogens is 414 g/mol. The van der Waals surface area contributed by atoms with Crippen LogP contribution in [0.1, 0.15) is 53.5 Å². The van der Waals surface area contributed by atoms with Crippen LogP contribution in [0.5, 0.6) is 0 Å². The van der Waals surface area contributed by atoms with Gasteiger partial charge in [0.05, 0.1) is 0 Å². The molecule has 5 nitrogen and oxygen atoms in total. The molecule has 0 aliphatic heterocycles. The molecule has 3 aromatic rings. The van der Waals surface area contributed by atoms with E-state index in [1.807, 2.05) is 0 Å². The van der Waals surface area contributed by atoms with Gasteiger partial charge in [0.1, 0.15) is 5.82 Å². The van der Waals surface area contributed by atoms with Crippen LogP contribution in [0.3, 0.4) is 0 Å². The van der Waals surface area contributed by atoms with Crippen LogP contribution in [-0.4, -0.2) is 10.9 Å². The number of halogens is 4. The average Bonchev–Trinajstić information content (AvgIpc) is 2.73. The van der Waals surface area contributed by atoms with Crippen LogP contribution in [0, 0.1) is 5.21 Å². The van der Waals surface area contributed by atoms with Gasteiger partial charge in [0, 0.05) is 42.3 Å². The van der Waals surface area contributed by atoms with E-state index in [9.17, 15) is 27.6 Å². The summed E-state index contributed by atoms with van der Waals surface area (Å²) in [6, 6.07) is 9.96. The van der Waals surface area contributed by atoms with Crippen LogP contribution >= 0.6 is 0 Å². The Morgan fingerprint density at radius 3 is 2.19 bits per heavy atom. The Hall–Kier alpha value is -3.49. The average molecular weight is 433 g/mol.